The van der Waals surface area contributed by atoms with E-state index in [1.54, 1.807) is 6.07 Å². The summed E-state index contributed by atoms with van der Waals surface area (Å²) in [7, 11) is -3.95. The van der Waals surface area contributed by atoms with Gasteiger partial charge in [0.2, 0.25) is 10.0 Å². The molecule has 5 nitrogen and oxygen atoms in total. The maximum Gasteiger partial charge on any atom is 0.244 e. The van der Waals surface area contributed by atoms with Gasteiger partial charge in [0, 0.05) is 19.7 Å². The molecule has 0 bridgehead atoms. The second kappa shape index (κ2) is 8.08. The summed E-state index contributed by atoms with van der Waals surface area (Å²) in [6.45, 7) is 2.21. The van der Waals surface area contributed by atoms with E-state index in [0.29, 0.717) is 12.8 Å². The molecule has 116 valence electrons. The quantitative estimate of drug-likeness (QED) is 0.794. The van der Waals surface area contributed by atoms with Crippen LogP contribution in [0.5, 0.6) is 0 Å². The van der Waals surface area contributed by atoms with Crippen LogP contribution in [0.25, 0.3) is 0 Å². The Bertz CT molecular complexity index is 603. The van der Waals surface area contributed by atoms with Crippen molar-refractivity contribution in [2.24, 2.45) is 0 Å². The van der Waals surface area contributed by atoms with E-state index < -0.39 is 21.4 Å². The van der Waals surface area contributed by atoms with Crippen LogP contribution in [0.3, 0.4) is 0 Å². The number of hydrogen-bond acceptors (Lipinski definition) is 4. The van der Waals surface area contributed by atoms with Crippen LogP contribution in [-0.2, 0) is 10.0 Å². The molecule has 0 amide bonds. The van der Waals surface area contributed by atoms with Crippen LogP contribution in [0.4, 0.5) is 4.39 Å². The van der Waals surface area contributed by atoms with E-state index in [4.69, 9.17) is 10.4 Å². The predicted octanol–water partition coefficient (Wildman–Crippen LogP) is 1.87. The lowest BCUT2D eigenvalue weighted by Gasteiger charge is -2.22. The first-order chi connectivity index (χ1) is 9.98. The number of nitrogens with zero attached hydrogens (tertiary/aromatic N) is 2. The molecular formula is C14H19FN2O3S. The van der Waals surface area contributed by atoms with Gasteiger partial charge in [-0.1, -0.05) is 19.4 Å². The Labute approximate surface area is 124 Å². The highest BCUT2D eigenvalue weighted by Gasteiger charge is 2.27. The zero-order valence-electron chi connectivity index (χ0n) is 11.9. The average Bonchev–Trinajstić information content (AvgIpc) is 2.46. The van der Waals surface area contributed by atoms with Crippen LogP contribution in [0, 0.1) is 17.1 Å². The van der Waals surface area contributed by atoms with Crippen LogP contribution in [0.2, 0.25) is 0 Å². The molecule has 0 aliphatic rings. The van der Waals surface area contributed by atoms with E-state index >= 15 is 0 Å². The third kappa shape index (κ3) is 4.24. The topological polar surface area (TPSA) is 81.4 Å². The molecule has 7 heteroatoms. The zero-order chi connectivity index (χ0) is 15.9. The second-order valence-electron chi connectivity index (χ2n) is 4.56. The summed E-state index contributed by atoms with van der Waals surface area (Å²) in [5.41, 5.74) is -0.469. The lowest BCUT2D eigenvalue weighted by atomic mass is 10.2. The maximum absolute atomic E-state index is 13.6. The van der Waals surface area contributed by atoms with Crippen molar-refractivity contribution in [2.45, 2.75) is 31.1 Å². The number of rotatable bonds is 8. The molecule has 0 aliphatic heterocycles. The number of unbranched alkanes of at least 4 members (excludes halogenated alkanes) is 1. The minimum atomic E-state index is -3.95. The Morgan fingerprint density at radius 2 is 2.00 bits per heavy atom. The predicted molar refractivity (Wildman–Crippen MR) is 76.5 cm³/mol. The molecule has 1 rings (SSSR count). The summed E-state index contributed by atoms with van der Waals surface area (Å²) in [6.07, 6.45) is 1.75. The monoisotopic (exact) mass is 314 g/mol. The first kappa shape index (κ1) is 17.6. The van der Waals surface area contributed by atoms with Crippen molar-refractivity contribution in [3.05, 3.63) is 29.6 Å². The Balaban J connectivity index is 3.22. The smallest absolute Gasteiger partial charge is 0.244 e. The van der Waals surface area contributed by atoms with Gasteiger partial charge in [0.15, 0.2) is 0 Å². The number of aliphatic hydroxyl groups excluding tert-OH is 1. The first-order valence-corrected chi connectivity index (χ1v) is 8.22. The van der Waals surface area contributed by atoms with E-state index in [1.165, 1.54) is 16.4 Å². The molecule has 21 heavy (non-hydrogen) atoms. The molecule has 0 saturated heterocycles. The highest BCUT2D eigenvalue weighted by atomic mass is 32.2. The van der Waals surface area contributed by atoms with Gasteiger partial charge in [0.1, 0.15) is 22.3 Å². The van der Waals surface area contributed by atoms with E-state index in [1.807, 2.05) is 6.92 Å². The van der Waals surface area contributed by atoms with Gasteiger partial charge in [-0.3, -0.25) is 0 Å². The molecule has 0 fully saturated rings. The van der Waals surface area contributed by atoms with Crippen LogP contribution < -0.4 is 0 Å². The van der Waals surface area contributed by atoms with Gasteiger partial charge >= 0.3 is 0 Å². The molecule has 1 aromatic carbocycles. The van der Waals surface area contributed by atoms with Crippen molar-refractivity contribution in [3.8, 4) is 6.07 Å². The van der Waals surface area contributed by atoms with Crippen molar-refractivity contribution >= 4 is 10.0 Å². The number of nitriles is 1. The highest BCUT2D eigenvalue weighted by molar-refractivity contribution is 7.89. The molecule has 1 aromatic rings. The minimum Gasteiger partial charge on any atom is -0.396 e. The fraction of sp³-hybridized carbons (Fsp3) is 0.500. The molecule has 0 spiro atoms. The molecule has 0 unspecified atom stereocenters. The van der Waals surface area contributed by atoms with Gasteiger partial charge in [-0.25, -0.2) is 12.8 Å². The summed E-state index contributed by atoms with van der Waals surface area (Å²) < 4.78 is 40.0. The van der Waals surface area contributed by atoms with Gasteiger partial charge in [-0.2, -0.15) is 9.57 Å². The van der Waals surface area contributed by atoms with Crippen LogP contribution in [-0.4, -0.2) is 37.5 Å². The van der Waals surface area contributed by atoms with Crippen molar-refractivity contribution in [1.82, 2.24) is 4.31 Å². The standard InChI is InChI=1S/C14H19FN2O3S/c1-2-3-8-17(9-5-10-18)21(19,20)14-7-4-6-13(15)12(14)11-16/h4,6-7,18H,2-3,5,8-10H2,1H3. The largest absolute Gasteiger partial charge is 0.396 e. The summed E-state index contributed by atoms with van der Waals surface area (Å²) >= 11 is 0. The number of benzene rings is 1. The number of sulfonamides is 1. The fourth-order valence-corrected chi connectivity index (χ4v) is 3.57. The van der Waals surface area contributed by atoms with E-state index in [9.17, 15) is 12.8 Å². The Hall–Kier alpha value is -1.49. The summed E-state index contributed by atoms with van der Waals surface area (Å²) in [4.78, 5) is -0.320. The van der Waals surface area contributed by atoms with Crippen LogP contribution in [0.1, 0.15) is 31.7 Å². The summed E-state index contributed by atoms with van der Waals surface area (Å²) in [5.74, 6) is -0.851. The second-order valence-corrected chi connectivity index (χ2v) is 6.47. The normalized spacial score (nSPS) is 11.6. The lowest BCUT2D eigenvalue weighted by Crippen LogP contribution is -2.34. The number of aliphatic hydroxyl groups is 1. The lowest BCUT2D eigenvalue weighted by molar-refractivity contribution is 0.268. The van der Waals surface area contributed by atoms with Crippen molar-refractivity contribution in [1.29, 1.82) is 5.26 Å². The molecule has 0 saturated carbocycles. The number of hydrogen-bond donors (Lipinski definition) is 1. The average molecular weight is 314 g/mol. The van der Waals surface area contributed by atoms with Gasteiger partial charge < -0.3 is 5.11 Å². The molecular weight excluding hydrogens is 295 g/mol. The van der Waals surface area contributed by atoms with Gasteiger partial charge in [0.05, 0.1) is 0 Å². The van der Waals surface area contributed by atoms with E-state index in [2.05, 4.69) is 0 Å². The third-order valence-corrected chi connectivity index (χ3v) is 4.97. The van der Waals surface area contributed by atoms with Crippen LogP contribution in [0.15, 0.2) is 23.1 Å². The number of halogens is 1. The molecule has 0 heterocycles. The molecule has 0 aliphatic carbocycles. The van der Waals surface area contributed by atoms with Crippen molar-refractivity contribution < 1.29 is 17.9 Å². The molecule has 0 atom stereocenters. The summed E-state index contributed by atoms with van der Waals surface area (Å²) in [5, 5.41) is 17.9. The van der Waals surface area contributed by atoms with Gasteiger partial charge in [-0.15, -0.1) is 0 Å². The van der Waals surface area contributed by atoms with Gasteiger partial charge in [-0.05, 0) is 25.0 Å². The fourth-order valence-electron chi connectivity index (χ4n) is 1.90. The SMILES string of the molecule is CCCCN(CCCO)S(=O)(=O)c1cccc(F)c1C#N. The Morgan fingerprint density at radius 3 is 2.57 bits per heavy atom. The highest BCUT2D eigenvalue weighted by Crippen LogP contribution is 2.22. The third-order valence-electron chi connectivity index (χ3n) is 3.03. The molecule has 0 aromatic heterocycles. The Morgan fingerprint density at radius 1 is 1.33 bits per heavy atom. The first-order valence-electron chi connectivity index (χ1n) is 6.78. The van der Waals surface area contributed by atoms with Crippen LogP contribution >= 0.6 is 0 Å². The van der Waals surface area contributed by atoms with Crippen molar-refractivity contribution in [2.75, 3.05) is 19.7 Å². The van der Waals surface area contributed by atoms with Crippen molar-refractivity contribution in [3.63, 3.8) is 0 Å². The minimum absolute atomic E-state index is 0.133. The van der Waals surface area contributed by atoms with E-state index in [0.717, 1.165) is 12.5 Å². The Kier molecular flexibility index (Phi) is 6.75. The maximum atomic E-state index is 13.6. The molecule has 0 radical (unpaired) electrons. The molecule has 1 N–H and O–H groups in total. The zero-order valence-corrected chi connectivity index (χ0v) is 12.7. The summed E-state index contributed by atoms with van der Waals surface area (Å²) in [6, 6.07) is 5.17. The van der Waals surface area contributed by atoms with Gasteiger partial charge in [0.25, 0.3) is 0 Å². The van der Waals surface area contributed by atoms with E-state index in [-0.39, 0.29) is 24.6 Å².